The minimum atomic E-state index is 0.146. The number of pyridine rings is 1. The lowest BCUT2D eigenvalue weighted by atomic mass is 9.99. The van der Waals surface area contributed by atoms with E-state index in [9.17, 15) is 0 Å². The summed E-state index contributed by atoms with van der Waals surface area (Å²) in [5.41, 5.74) is 7.82. The van der Waals surface area contributed by atoms with Gasteiger partial charge in [-0.2, -0.15) is 0 Å². The van der Waals surface area contributed by atoms with Crippen LogP contribution in [0, 0.1) is 11.3 Å². The van der Waals surface area contributed by atoms with Gasteiger partial charge < -0.3 is 15.9 Å². The zero-order chi connectivity index (χ0) is 13.8. The average molecular weight is 255 g/mol. The Labute approximate surface area is 112 Å². The molecular weight excluding hydrogens is 238 g/mol. The smallest absolute Gasteiger partial charge is 0.145 e. The highest BCUT2D eigenvalue weighted by molar-refractivity contribution is 6.03. The molecule has 0 aliphatic carbocycles. The van der Waals surface area contributed by atoms with Crippen molar-refractivity contribution in [2.45, 2.75) is 13.8 Å². The van der Waals surface area contributed by atoms with Crippen molar-refractivity contribution in [3.63, 3.8) is 0 Å². The quantitative estimate of drug-likeness (QED) is 0.649. The fraction of sp³-hybridized carbons (Fsp3) is 0.200. The second-order valence-electron chi connectivity index (χ2n) is 4.61. The van der Waals surface area contributed by atoms with Crippen molar-refractivity contribution in [3.05, 3.63) is 48.3 Å². The first-order valence-electron chi connectivity index (χ1n) is 6.14. The number of nitrogens with one attached hydrogen (secondary N) is 1. The summed E-state index contributed by atoms with van der Waals surface area (Å²) in [6, 6.07) is 9.01. The van der Waals surface area contributed by atoms with Crippen LogP contribution < -0.4 is 10.5 Å². The Balaban J connectivity index is 2.22. The summed E-state index contributed by atoms with van der Waals surface area (Å²) in [5, 5.41) is 7.99. The molecule has 2 aromatic rings. The van der Waals surface area contributed by atoms with Crippen LogP contribution in [-0.2, 0) is 0 Å². The topological polar surface area (TPSA) is 72.0 Å². The molecular formula is C15H17N3O. The van der Waals surface area contributed by atoms with Gasteiger partial charge >= 0.3 is 0 Å². The van der Waals surface area contributed by atoms with Crippen molar-refractivity contribution < 1.29 is 4.74 Å². The van der Waals surface area contributed by atoms with Crippen molar-refractivity contribution in [2.24, 2.45) is 5.92 Å². The molecule has 0 saturated carbocycles. The van der Waals surface area contributed by atoms with Crippen LogP contribution in [0.3, 0.4) is 0 Å². The van der Waals surface area contributed by atoms with Crippen LogP contribution in [0.4, 0.5) is 5.69 Å². The maximum absolute atomic E-state index is 7.99. The molecule has 0 spiro atoms. The number of nitrogens with two attached hydrogens (primary N) is 1. The van der Waals surface area contributed by atoms with E-state index in [4.69, 9.17) is 15.9 Å². The molecule has 1 aromatic carbocycles. The fourth-order valence-corrected chi connectivity index (χ4v) is 1.70. The maximum atomic E-state index is 7.99. The number of anilines is 1. The summed E-state index contributed by atoms with van der Waals surface area (Å²) in [6.45, 7) is 3.95. The molecule has 0 fully saturated rings. The first-order valence-corrected chi connectivity index (χ1v) is 6.14. The zero-order valence-electron chi connectivity index (χ0n) is 11.1. The first kappa shape index (κ1) is 13.1. The summed E-state index contributed by atoms with van der Waals surface area (Å²) >= 11 is 0. The Hall–Kier alpha value is -2.36. The Morgan fingerprint density at radius 2 is 2.05 bits per heavy atom. The molecule has 1 aromatic heterocycles. The highest BCUT2D eigenvalue weighted by atomic mass is 16.5. The standard InChI is InChI=1S/C15H17N3O/c1-10(2)15(17)13-6-5-11(8-14(13)16)19-12-4-3-7-18-9-12/h3-10,17H,16H2,1-2H3. The number of nitrogens with zero attached hydrogens (tertiary/aromatic N) is 1. The van der Waals surface area contributed by atoms with Crippen LogP contribution in [0.2, 0.25) is 0 Å². The Morgan fingerprint density at radius 1 is 1.26 bits per heavy atom. The van der Waals surface area contributed by atoms with Crippen LogP contribution >= 0.6 is 0 Å². The average Bonchev–Trinajstić information content (AvgIpc) is 2.39. The van der Waals surface area contributed by atoms with E-state index < -0.39 is 0 Å². The summed E-state index contributed by atoms with van der Waals surface area (Å²) in [4.78, 5) is 3.98. The van der Waals surface area contributed by atoms with Gasteiger partial charge in [-0.1, -0.05) is 13.8 Å². The number of rotatable bonds is 4. The Morgan fingerprint density at radius 3 is 2.63 bits per heavy atom. The number of hydrogen-bond donors (Lipinski definition) is 2. The van der Waals surface area contributed by atoms with E-state index >= 15 is 0 Å². The van der Waals surface area contributed by atoms with Crippen LogP contribution in [-0.4, -0.2) is 10.7 Å². The van der Waals surface area contributed by atoms with Gasteiger partial charge in [-0.15, -0.1) is 0 Å². The molecule has 98 valence electrons. The van der Waals surface area contributed by atoms with Gasteiger partial charge in [0.25, 0.3) is 0 Å². The van der Waals surface area contributed by atoms with Crippen molar-refractivity contribution in [1.29, 1.82) is 5.41 Å². The number of aromatic nitrogens is 1. The van der Waals surface area contributed by atoms with Crippen molar-refractivity contribution in [1.82, 2.24) is 4.98 Å². The molecule has 0 unspecified atom stereocenters. The normalized spacial score (nSPS) is 10.5. The number of ether oxygens (including phenoxy) is 1. The molecule has 1 heterocycles. The van der Waals surface area contributed by atoms with E-state index in [0.717, 1.165) is 5.56 Å². The molecule has 0 radical (unpaired) electrons. The number of hydrogen-bond acceptors (Lipinski definition) is 4. The van der Waals surface area contributed by atoms with Crippen LogP contribution in [0.25, 0.3) is 0 Å². The Bertz CT molecular complexity index is 579. The third kappa shape index (κ3) is 3.10. The van der Waals surface area contributed by atoms with E-state index in [-0.39, 0.29) is 5.92 Å². The highest BCUT2D eigenvalue weighted by Gasteiger charge is 2.10. The third-order valence-corrected chi connectivity index (χ3v) is 2.76. The summed E-state index contributed by atoms with van der Waals surface area (Å²) in [6.07, 6.45) is 3.33. The molecule has 3 N–H and O–H groups in total. The lowest BCUT2D eigenvalue weighted by Crippen LogP contribution is -2.10. The highest BCUT2D eigenvalue weighted by Crippen LogP contribution is 2.26. The van der Waals surface area contributed by atoms with Crippen molar-refractivity contribution in [2.75, 3.05) is 5.73 Å². The molecule has 4 heteroatoms. The van der Waals surface area contributed by atoms with E-state index in [1.54, 1.807) is 18.5 Å². The molecule has 0 amide bonds. The van der Waals surface area contributed by atoms with E-state index in [2.05, 4.69) is 4.98 Å². The SMILES string of the molecule is CC(C)C(=N)c1ccc(Oc2cccnc2)cc1N. The van der Waals surface area contributed by atoms with Crippen molar-refractivity contribution >= 4 is 11.4 Å². The first-order chi connectivity index (χ1) is 9.08. The predicted molar refractivity (Wildman–Crippen MR) is 76.8 cm³/mol. The Kier molecular flexibility index (Phi) is 3.80. The van der Waals surface area contributed by atoms with Crippen molar-refractivity contribution in [3.8, 4) is 11.5 Å². The minimum absolute atomic E-state index is 0.146. The second-order valence-corrected chi connectivity index (χ2v) is 4.61. The molecule has 0 bridgehead atoms. The second kappa shape index (κ2) is 5.52. The van der Waals surface area contributed by atoms with E-state index in [1.807, 2.05) is 38.1 Å². The van der Waals surface area contributed by atoms with Gasteiger partial charge in [0.15, 0.2) is 0 Å². The van der Waals surface area contributed by atoms with Crippen LogP contribution in [0.5, 0.6) is 11.5 Å². The van der Waals surface area contributed by atoms with Crippen LogP contribution in [0.15, 0.2) is 42.7 Å². The van der Waals surface area contributed by atoms with Gasteiger partial charge in [0.05, 0.1) is 6.20 Å². The lowest BCUT2D eigenvalue weighted by Gasteiger charge is -2.12. The predicted octanol–water partition coefficient (Wildman–Crippen LogP) is 3.48. The minimum Gasteiger partial charge on any atom is -0.456 e. The molecule has 0 aliphatic heterocycles. The summed E-state index contributed by atoms with van der Waals surface area (Å²) < 4.78 is 5.64. The molecule has 2 rings (SSSR count). The van der Waals surface area contributed by atoms with E-state index in [0.29, 0.717) is 22.9 Å². The van der Waals surface area contributed by atoms with Crippen LogP contribution in [0.1, 0.15) is 19.4 Å². The molecule has 0 atom stereocenters. The summed E-state index contributed by atoms with van der Waals surface area (Å²) in [5.74, 6) is 1.45. The van der Waals surface area contributed by atoms with Gasteiger partial charge in [0.1, 0.15) is 11.5 Å². The van der Waals surface area contributed by atoms with Gasteiger partial charge in [-0.25, -0.2) is 0 Å². The van der Waals surface area contributed by atoms with Gasteiger partial charge in [0.2, 0.25) is 0 Å². The molecule has 0 aliphatic rings. The summed E-state index contributed by atoms with van der Waals surface area (Å²) in [7, 11) is 0. The molecule has 19 heavy (non-hydrogen) atoms. The fourth-order valence-electron chi connectivity index (χ4n) is 1.70. The molecule has 0 saturated heterocycles. The van der Waals surface area contributed by atoms with Gasteiger partial charge in [0, 0.05) is 29.2 Å². The van der Waals surface area contributed by atoms with E-state index in [1.165, 1.54) is 0 Å². The molecule has 4 nitrogen and oxygen atoms in total. The van der Waals surface area contributed by atoms with Gasteiger partial charge in [-0.3, -0.25) is 4.98 Å². The lowest BCUT2D eigenvalue weighted by molar-refractivity contribution is 0.480. The largest absolute Gasteiger partial charge is 0.456 e. The zero-order valence-corrected chi connectivity index (χ0v) is 11.1. The number of nitrogen functional groups attached to an aromatic ring is 1. The number of benzene rings is 1. The maximum Gasteiger partial charge on any atom is 0.145 e. The monoisotopic (exact) mass is 255 g/mol. The van der Waals surface area contributed by atoms with Gasteiger partial charge in [-0.05, 0) is 30.2 Å². The third-order valence-electron chi connectivity index (χ3n) is 2.76.